The van der Waals surface area contributed by atoms with Crippen molar-refractivity contribution in [3.8, 4) is 5.69 Å². The highest BCUT2D eigenvalue weighted by molar-refractivity contribution is 5.94. The lowest BCUT2D eigenvalue weighted by Crippen LogP contribution is -2.31. The van der Waals surface area contributed by atoms with E-state index < -0.39 is 0 Å². The molecule has 0 spiro atoms. The number of furan rings is 1. The van der Waals surface area contributed by atoms with Crippen molar-refractivity contribution in [3.05, 3.63) is 72.7 Å². The smallest absolute Gasteiger partial charge is 0.251 e. The van der Waals surface area contributed by atoms with E-state index in [1.165, 1.54) is 0 Å². The molecule has 0 aliphatic carbocycles. The second-order valence-electron chi connectivity index (χ2n) is 5.56. The quantitative estimate of drug-likeness (QED) is 0.697. The molecule has 0 fully saturated rings. The van der Waals surface area contributed by atoms with Gasteiger partial charge in [-0.3, -0.25) is 4.79 Å². The van der Waals surface area contributed by atoms with Crippen molar-refractivity contribution < 1.29 is 14.3 Å². The number of amides is 1. The Morgan fingerprint density at radius 2 is 2.12 bits per heavy atom. The Morgan fingerprint density at radius 3 is 2.75 bits per heavy atom. The van der Waals surface area contributed by atoms with Crippen LogP contribution in [0.5, 0.6) is 0 Å². The Kier molecular flexibility index (Phi) is 5.08. The summed E-state index contributed by atoms with van der Waals surface area (Å²) in [6.45, 7) is 0.375. The second-order valence-corrected chi connectivity index (χ2v) is 5.56. The number of carbonyl (C=O) groups is 1. The molecule has 0 unspecified atom stereocenters. The van der Waals surface area contributed by atoms with Crippen LogP contribution < -0.4 is 5.32 Å². The second kappa shape index (κ2) is 7.61. The summed E-state index contributed by atoms with van der Waals surface area (Å²) in [6.07, 6.45) is 7.44. The van der Waals surface area contributed by atoms with Crippen LogP contribution in [0.1, 0.15) is 16.1 Å². The summed E-state index contributed by atoms with van der Waals surface area (Å²) in [5.74, 6) is 0.559. The van der Waals surface area contributed by atoms with Gasteiger partial charge in [-0.25, -0.2) is 4.98 Å². The molecule has 0 bridgehead atoms. The van der Waals surface area contributed by atoms with Crippen molar-refractivity contribution in [1.29, 1.82) is 0 Å². The Hall–Kier alpha value is -2.86. The van der Waals surface area contributed by atoms with Gasteiger partial charge in [-0.05, 0) is 36.4 Å². The normalized spacial score (nSPS) is 12.0. The minimum atomic E-state index is -0.162. The van der Waals surface area contributed by atoms with Gasteiger partial charge in [-0.1, -0.05) is 0 Å². The first-order valence-electron chi connectivity index (χ1n) is 7.76. The van der Waals surface area contributed by atoms with Gasteiger partial charge in [0.2, 0.25) is 0 Å². The van der Waals surface area contributed by atoms with E-state index in [1.54, 1.807) is 30.9 Å². The lowest BCUT2D eigenvalue weighted by molar-refractivity contribution is 0.0939. The van der Waals surface area contributed by atoms with Crippen molar-refractivity contribution in [2.45, 2.75) is 6.42 Å². The average Bonchev–Trinajstić information content (AvgIpc) is 3.32. The Balaban J connectivity index is 1.56. The molecule has 2 N–H and O–H groups in total. The Labute approximate surface area is 139 Å². The van der Waals surface area contributed by atoms with Crippen molar-refractivity contribution in [2.75, 3.05) is 13.2 Å². The standard InChI is InChI=1S/C18H19N3O3/c22-12-14(10-17-2-1-9-24-17)11-20-18(23)15-3-5-16(6-4-15)21-8-7-19-13-21/h1-9,13-14,22H,10-12H2,(H,20,23)/t14-/m0/s1. The number of aliphatic hydroxyl groups excluding tert-OH is 1. The van der Waals surface area contributed by atoms with Gasteiger partial charge in [-0.15, -0.1) is 0 Å². The van der Waals surface area contributed by atoms with E-state index in [9.17, 15) is 9.90 Å². The number of imidazole rings is 1. The molecule has 124 valence electrons. The van der Waals surface area contributed by atoms with Gasteiger partial charge in [0.1, 0.15) is 5.76 Å². The molecule has 0 aliphatic heterocycles. The molecule has 1 atom stereocenters. The summed E-state index contributed by atoms with van der Waals surface area (Å²) in [4.78, 5) is 16.2. The number of rotatable bonds is 7. The zero-order chi connectivity index (χ0) is 16.8. The molecule has 1 aromatic carbocycles. The van der Waals surface area contributed by atoms with Crippen LogP contribution in [-0.2, 0) is 6.42 Å². The van der Waals surface area contributed by atoms with Crippen molar-refractivity contribution in [3.63, 3.8) is 0 Å². The Bertz CT molecular complexity index is 749. The van der Waals surface area contributed by atoms with E-state index in [0.29, 0.717) is 18.5 Å². The summed E-state index contributed by atoms with van der Waals surface area (Å²) < 4.78 is 7.14. The van der Waals surface area contributed by atoms with Crippen LogP contribution in [0.25, 0.3) is 5.69 Å². The topological polar surface area (TPSA) is 80.3 Å². The van der Waals surface area contributed by atoms with Gasteiger partial charge < -0.3 is 19.4 Å². The van der Waals surface area contributed by atoms with E-state index in [0.717, 1.165) is 11.4 Å². The van der Waals surface area contributed by atoms with Crippen LogP contribution in [-0.4, -0.2) is 33.7 Å². The molecule has 2 heterocycles. The molecule has 6 nitrogen and oxygen atoms in total. The highest BCUT2D eigenvalue weighted by Crippen LogP contribution is 2.11. The largest absolute Gasteiger partial charge is 0.469 e. The van der Waals surface area contributed by atoms with Crippen molar-refractivity contribution in [1.82, 2.24) is 14.9 Å². The van der Waals surface area contributed by atoms with E-state index >= 15 is 0 Å². The fraction of sp³-hybridized carbons (Fsp3) is 0.222. The molecule has 2 aromatic heterocycles. The first-order chi connectivity index (χ1) is 11.8. The highest BCUT2D eigenvalue weighted by atomic mass is 16.3. The van der Waals surface area contributed by atoms with Crippen LogP contribution in [0, 0.1) is 5.92 Å². The summed E-state index contributed by atoms with van der Waals surface area (Å²) in [5, 5.41) is 12.3. The highest BCUT2D eigenvalue weighted by Gasteiger charge is 2.13. The van der Waals surface area contributed by atoms with E-state index in [2.05, 4.69) is 10.3 Å². The summed E-state index contributed by atoms with van der Waals surface area (Å²) in [5.41, 5.74) is 1.52. The van der Waals surface area contributed by atoms with Crippen LogP contribution in [0.4, 0.5) is 0 Å². The molecule has 3 aromatic rings. The van der Waals surface area contributed by atoms with Gasteiger partial charge in [0.25, 0.3) is 5.91 Å². The fourth-order valence-electron chi connectivity index (χ4n) is 2.45. The van der Waals surface area contributed by atoms with Gasteiger partial charge in [0.05, 0.1) is 12.6 Å². The number of nitrogens with one attached hydrogen (secondary N) is 1. The molecule has 24 heavy (non-hydrogen) atoms. The predicted octanol–water partition coefficient (Wildman–Crippen LogP) is 2.05. The zero-order valence-corrected chi connectivity index (χ0v) is 13.1. The first kappa shape index (κ1) is 16.0. The van der Waals surface area contributed by atoms with Crippen LogP contribution in [0.15, 0.2) is 65.8 Å². The average molecular weight is 325 g/mol. The number of benzene rings is 1. The summed E-state index contributed by atoms with van der Waals surface area (Å²) >= 11 is 0. The summed E-state index contributed by atoms with van der Waals surface area (Å²) in [7, 11) is 0. The maximum atomic E-state index is 12.2. The molecule has 0 aliphatic rings. The lowest BCUT2D eigenvalue weighted by atomic mass is 10.0. The molecule has 0 radical (unpaired) electrons. The van der Waals surface area contributed by atoms with Crippen molar-refractivity contribution >= 4 is 5.91 Å². The SMILES string of the molecule is O=C(NC[C@@H](CO)Cc1ccco1)c1ccc(-n2ccnc2)cc1. The summed E-state index contributed by atoms with van der Waals surface area (Å²) in [6, 6.07) is 10.9. The molecular weight excluding hydrogens is 306 g/mol. The van der Waals surface area contributed by atoms with Crippen molar-refractivity contribution in [2.24, 2.45) is 5.92 Å². The Morgan fingerprint density at radius 1 is 1.29 bits per heavy atom. The molecule has 6 heteroatoms. The number of nitrogens with zero attached hydrogens (tertiary/aromatic N) is 2. The van der Waals surface area contributed by atoms with E-state index in [-0.39, 0.29) is 18.4 Å². The maximum absolute atomic E-state index is 12.2. The zero-order valence-electron chi connectivity index (χ0n) is 13.1. The minimum Gasteiger partial charge on any atom is -0.469 e. The molecule has 0 saturated heterocycles. The lowest BCUT2D eigenvalue weighted by Gasteiger charge is -2.14. The molecular formula is C18H19N3O3. The molecule has 0 saturated carbocycles. The third kappa shape index (κ3) is 3.91. The van der Waals surface area contributed by atoms with E-state index in [1.807, 2.05) is 35.0 Å². The van der Waals surface area contributed by atoms with Gasteiger partial charge >= 0.3 is 0 Å². The number of aromatic nitrogens is 2. The fourth-order valence-corrected chi connectivity index (χ4v) is 2.45. The monoisotopic (exact) mass is 325 g/mol. The van der Waals surface area contributed by atoms with Gasteiger partial charge in [-0.2, -0.15) is 0 Å². The maximum Gasteiger partial charge on any atom is 0.251 e. The van der Waals surface area contributed by atoms with Crippen LogP contribution in [0.3, 0.4) is 0 Å². The van der Waals surface area contributed by atoms with Gasteiger partial charge in [0, 0.05) is 49.1 Å². The molecule has 1 amide bonds. The third-order valence-electron chi connectivity index (χ3n) is 3.81. The number of hydrogen-bond acceptors (Lipinski definition) is 4. The number of aliphatic hydroxyl groups is 1. The first-order valence-corrected chi connectivity index (χ1v) is 7.76. The predicted molar refractivity (Wildman–Crippen MR) is 88.9 cm³/mol. The number of hydrogen-bond donors (Lipinski definition) is 2. The van der Waals surface area contributed by atoms with Crippen LogP contribution in [0.2, 0.25) is 0 Å². The van der Waals surface area contributed by atoms with Crippen LogP contribution >= 0.6 is 0 Å². The third-order valence-corrected chi connectivity index (χ3v) is 3.81. The minimum absolute atomic E-state index is 0.0133. The van der Waals surface area contributed by atoms with E-state index in [4.69, 9.17) is 4.42 Å². The molecule has 3 rings (SSSR count). The van der Waals surface area contributed by atoms with Gasteiger partial charge in [0.15, 0.2) is 0 Å². The number of carbonyl (C=O) groups excluding carboxylic acids is 1.